The first-order chi connectivity index (χ1) is 7.36. The first-order valence-corrected chi connectivity index (χ1v) is 5.03. The lowest BCUT2D eigenvalue weighted by Gasteiger charge is -2.10. The van der Waals surface area contributed by atoms with E-state index in [9.17, 15) is 0 Å². The summed E-state index contributed by atoms with van der Waals surface area (Å²) in [6.45, 7) is 0.548. The highest BCUT2D eigenvalue weighted by atomic mass is 16.3. The van der Waals surface area contributed by atoms with Gasteiger partial charge in [-0.25, -0.2) is 0 Å². The summed E-state index contributed by atoms with van der Waals surface area (Å²) >= 11 is 0. The average molecular weight is 207 g/mol. The topological polar surface area (TPSA) is 52.5 Å². The summed E-state index contributed by atoms with van der Waals surface area (Å²) in [5.41, 5.74) is 1.14. The van der Waals surface area contributed by atoms with E-state index in [1.165, 1.54) is 0 Å². The molecule has 3 heteroatoms. The van der Waals surface area contributed by atoms with Crippen molar-refractivity contribution < 1.29 is 10.2 Å². The van der Waals surface area contributed by atoms with E-state index >= 15 is 0 Å². The van der Waals surface area contributed by atoms with Crippen molar-refractivity contribution in [2.75, 3.05) is 19.8 Å². The molecule has 1 aromatic rings. The summed E-state index contributed by atoms with van der Waals surface area (Å²) in [5, 5.41) is 20.6. The first kappa shape index (κ1) is 11.9. The van der Waals surface area contributed by atoms with E-state index in [2.05, 4.69) is 5.32 Å². The van der Waals surface area contributed by atoms with Crippen molar-refractivity contribution in [1.29, 1.82) is 0 Å². The van der Waals surface area contributed by atoms with Crippen molar-refractivity contribution in [3.05, 3.63) is 42.0 Å². The molecule has 0 aliphatic rings. The van der Waals surface area contributed by atoms with E-state index in [4.69, 9.17) is 10.2 Å². The van der Waals surface area contributed by atoms with Crippen molar-refractivity contribution in [3.63, 3.8) is 0 Å². The SMILES string of the molecule is OCC(CO)NCC=Cc1ccccc1. The Kier molecular flexibility index (Phi) is 5.70. The highest BCUT2D eigenvalue weighted by Gasteiger charge is 2.01. The molecule has 1 aromatic carbocycles. The molecular weight excluding hydrogens is 190 g/mol. The summed E-state index contributed by atoms with van der Waals surface area (Å²) in [6.07, 6.45) is 3.96. The molecule has 0 aliphatic carbocycles. The van der Waals surface area contributed by atoms with E-state index < -0.39 is 0 Å². The van der Waals surface area contributed by atoms with Crippen LogP contribution in [0.5, 0.6) is 0 Å². The van der Waals surface area contributed by atoms with Gasteiger partial charge in [0.05, 0.1) is 19.3 Å². The van der Waals surface area contributed by atoms with Gasteiger partial charge in [0, 0.05) is 6.54 Å². The molecule has 82 valence electrons. The van der Waals surface area contributed by atoms with Gasteiger partial charge in [0.2, 0.25) is 0 Å². The molecule has 0 aromatic heterocycles. The molecule has 15 heavy (non-hydrogen) atoms. The Bertz CT molecular complexity index is 281. The minimum Gasteiger partial charge on any atom is -0.395 e. The van der Waals surface area contributed by atoms with Gasteiger partial charge in [-0.15, -0.1) is 0 Å². The van der Waals surface area contributed by atoms with Crippen LogP contribution in [-0.4, -0.2) is 36.0 Å². The van der Waals surface area contributed by atoms with Crippen LogP contribution in [0.3, 0.4) is 0 Å². The van der Waals surface area contributed by atoms with Crippen LogP contribution in [-0.2, 0) is 0 Å². The summed E-state index contributed by atoms with van der Waals surface area (Å²) < 4.78 is 0. The monoisotopic (exact) mass is 207 g/mol. The summed E-state index contributed by atoms with van der Waals surface area (Å²) in [4.78, 5) is 0. The third-order valence-electron chi connectivity index (χ3n) is 2.08. The normalized spacial score (nSPS) is 11.4. The largest absolute Gasteiger partial charge is 0.395 e. The smallest absolute Gasteiger partial charge is 0.0607 e. The predicted octanol–water partition coefficient (Wildman–Crippen LogP) is 0.643. The zero-order valence-corrected chi connectivity index (χ0v) is 8.63. The maximum atomic E-state index is 8.80. The lowest BCUT2D eigenvalue weighted by molar-refractivity contribution is 0.174. The number of hydrogen-bond donors (Lipinski definition) is 3. The van der Waals surface area contributed by atoms with E-state index in [0.29, 0.717) is 6.54 Å². The molecule has 0 saturated heterocycles. The Balaban J connectivity index is 2.28. The van der Waals surface area contributed by atoms with Gasteiger partial charge in [0.15, 0.2) is 0 Å². The minimum atomic E-state index is -0.231. The fourth-order valence-corrected chi connectivity index (χ4v) is 1.18. The van der Waals surface area contributed by atoms with Gasteiger partial charge in [-0.2, -0.15) is 0 Å². The molecule has 3 nitrogen and oxygen atoms in total. The molecule has 0 heterocycles. The molecule has 1 rings (SSSR count). The average Bonchev–Trinajstić information content (AvgIpc) is 2.31. The summed E-state index contributed by atoms with van der Waals surface area (Å²) in [5.74, 6) is 0. The molecule has 0 fully saturated rings. The molecule has 0 saturated carbocycles. The number of benzene rings is 1. The van der Waals surface area contributed by atoms with Crippen LogP contribution in [0.25, 0.3) is 6.08 Å². The quantitative estimate of drug-likeness (QED) is 0.641. The second-order valence-corrected chi connectivity index (χ2v) is 3.28. The van der Waals surface area contributed by atoms with Crippen molar-refractivity contribution in [3.8, 4) is 0 Å². The zero-order valence-electron chi connectivity index (χ0n) is 8.63. The van der Waals surface area contributed by atoms with Crippen molar-refractivity contribution in [2.45, 2.75) is 6.04 Å². The van der Waals surface area contributed by atoms with E-state index in [1.54, 1.807) is 0 Å². The fraction of sp³-hybridized carbons (Fsp3) is 0.333. The maximum absolute atomic E-state index is 8.80. The highest BCUT2D eigenvalue weighted by Crippen LogP contribution is 1.99. The Labute approximate surface area is 90.1 Å². The van der Waals surface area contributed by atoms with E-state index in [0.717, 1.165) is 5.56 Å². The van der Waals surface area contributed by atoms with Crippen LogP contribution < -0.4 is 5.32 Å². The Morgan fingerprint density at radius 1 is 1.13 bits per heavy atom. The standard InChI is InChI=1S/C12H17NO2/c14-9-12(10-15)13-8-4-7-11-5-2-1-3-6-11/h1-7,12-15H,8-10H2. The molecule has 0 radical (unpaired) electrons. The van der Waals surface area contributed by atoms with Crippen molar-refractivity contribution in [2.24, 2.45) is 0 Å². The van der Waals surface area contributed by atoms with Gasteiger partial charge in [0.1, 0.15) is 0 Å². The van der Waals surface area contributed by atoms with Crippen LogP contribution in [0.2, 0.25) is 0 Å². The minimum absolute atomic E-state index is 0.0460. The van der Waals surface area contributed by atoms with Gasteiger partial charge in [-0.05, 0) is 5.56 Å². The second kappa shape index (κ2) is 7.17. The molecule has 3 N–H and O–H groups in total. The number of nitrogens with one attached hydrogen (secondary N) is 1. The molecule has 0 unspecified atom stereocenters. The van der Waals surface area contributed by atoms with Crippen LogP contribution >= 0.6 is 0 Å². The molecule has 0 amide bonds. The van der Waals surface area contributed by atoms with Gasteiger partial charge in [0.25, 0.3) is 0 Å². The third kappa shape index (κ3) is 4.74. The number of rotatable bonds is 6. The van der Waals surface area contributed by atoms with Crippen LogP contribution in [0.4, 0.5) is 0 Å². The Morgan fingerprint density at radius 3 is 2.40 bits per heavy atom. The lowest BCUT2D eigenvalue weighted by Crippen LogP contribution is -2.35. The van der Waals surface area contributed by atoms with Crippen molar-refractivity contribution in [1.82, 2.24) is 5.32 Å². The maximum Gasteiger partial charge on any atom is 0.0607 e. The zero-order chi connectivity index (χ0) is 10.9. The van der Waals surface area contributed by atoms with Crippen LogP contribution in [0.1, 0.15) is 5.56 Å². The first-order valence-electron chi connectivity index (χ1n) is 5.03. The fourth-order valence-electron chi connectivity index (χ4n) is 1.18. The molecule has 0 atom stereocenters. The summed E-state index contributed by atoms with van der Waals surface area (Å²) in [6, 6.07) is 9.75. The Morgan fingerprint density at radius 2 is 1.80 bits per heavy atom. The van der Waals surface area contributed by atoms with Gasteiger partial charge < -0.3 is 15.5 Å². The molecule has 0 aliphatic heterocycles. The van der Waals surface area contributed by atoms with Gasteiger partial charge in [-0.3, -0.25) is 0 Å². The van der Waals surface area contributed by atoms with Gasteiger partial charge in [-0.1, -0.05) is 42.5 Å². The van der Waals surface area contributed by atoms with Crippen LogP contribution in [0.15, 0.2) is 36.4 Å². The number of aliphatic hydroxyl groups excluding tert-OH is 2. The highest BCUT2D eigenvalue weighted by molar-refractivity contribution is 5.48. The van der Waals surface area contributed by atoms with Gasteiger partial charge >= 0.3 is 0 Å². The number of aliphatic hydroxyl groups is 2. The third-order valence-corrected chi connectivity index (χ3v) is 2.08. The lowest BCUT2D eigenvalue weighted by atomic mass is 10.2. The Hall–Kier alpha value is -1.16. The number of hydrogen-bond acceptors (Lipinski definition) is 3. The second-order valence-electron chi connectivity index (χ2n) is 3.28. The van der Waals surface area contributed by atoms with Crippen molar-refractivity contribution >= 4 is 6.08 Å². The van der Waals surface area contributed by atoms with E-state index in [1.807, 2.05) is 42.5 Å². The van der Waals surface area contributed by atoms with Crippen LogP contribution in [0, 0.1) is 0 Å². The molecular formula is C12H17NO2. The predicted molar refractivity (Wildman–Crippen MR) is 61.4 cm³/mol. The molecule has 0 bridgehead atoms. The molecule has 0 spiro atoms. The van der Waals surface area contributed by atoms with E-state index in [-0.39, 0.29) is 19.3 Å². The summed E-state index contributed by atoms with van der Waals surface area (Å²) in [7, 11) is 0.